The zero-order chi connectivity index (χ0) is 21.8. The minimum Gasteiger partial charge on any atom is -0.350 e. The van der Waals surface area contributed by atoms with Gasteiger partial charge in [-0.3, -0.25) is 9.59 Å². The predicted octanol–water partition coefficient (Wildman–Crippen LogP) is 4.98. The average molecular weight is 432 g/mol. The van der Waals surface area contributed by atoms with Gasteiger partial charge in [0.15, 0.2) is 0 Å². The Bertz CT molecular complexity index is 1270. The molecule has 0 aliphatic rings. The minimum absolute atomic E-state index is 0.111. The Kier molecular flexibility index (Phi) is 6.14. The molecule has 1 N–H and O–H groups in total. The summed E-state index contributed by atoms with van der Waals surface area (Å²) in [5, 5.41) is 9.54. The van der Waals surface area contributed by atoms with Crippen LogP contribution in [0, 0.1) is 0 Å². The minimum atomic E-state index is -0.211. The van der Waals surface area contributed by atoms with E-state index in [9.17, 15) is 9.59 Å². The summed E-state index contributed by atoms with van der Waals surface area (Å²) >= 11 is 6.02. The topological polar surface area (TPSA) is 64.0 Å². The van der Waals surface area contributed by atoms with Crippen LogP contribution >= 0.6 is 11.6 Å². The van der Waals surface area contributed by atoms with Crippen LogP contribution in [0.4, 0.5) is 0 Å². The second kappa shape index (κ2) is 9.14. The van der Waals surface area contributed by atoms with Gasteiger partial charge in [0.05, 0.1) is 23.7 Å². The number of amides is 1. The van der Waals surface area contributed by atoms with E-state index in [1.165, 1.54) is 4.68 Å². The number of carbonyl (C=O) groups excluding carboxylic acids is 1. The molecule has 3 aromatic carbocycles. The molecule has 0 fully saturated rings. The maximum atomic E-state index is 13.0. The number of fused-ring (bicyclic) bond motifs is 1. The van der Waals surface area contributed by atoms with Crippen molar-refractivity contribution in [2.45, 2.75) is 25.9 Å². The number of nitrogens with one attached hydrogen (secondary N) is 1. The van der Waals surface area contributed by atoms with E-state index in [0.717, 1.165) is 16.5 Å². The molecule has 1 unspecified atom stereocenters. The summed E-state index contributed by atoms with van der Waals surface area (Å²) in [5.41, 5.74) is 2.36. The molecule has 5 nitrogen and oxygen atoms in total. The second-order valence-electron chi connectivity index (χ2n) is 7.38. The largest absolute Gasteiger partial charge is 0.350 e. The summed E-state index contributed by atoms with van der Waals surface area (Å²) in [6.07, 6.45) is 0.155. The zero-order valence-electron chi connectivity index (χ0n) is 17.1. The van der Waals surface area contributed by atoms with E-state index in [2.05, 4.69) is 10.4 Å². The summed E-state index contributed by atoms with van der Waals surface area (Å²) in [5.74, 6) is -0.133. The second-order valence-corrected chi connectivity index (χ2v) is 7.82. The van der Waals surface area contributed by atoms with Crippen molar-refractivity contribution in [3.8, 4) is 11.3 Å². The number of nitrogens with zero attached hydrogens (tertiary/aromatic N) is 2. The number of hydrogen-bond acceptors (Lipinski definition) is 3. The Balaban J connectivity index is 1.59. The molecule has 0 aliphatic heterocycles. The van der Waals surface area contributed by atoms with Crippen molar-refractivity contribution in [3.63, 3.8) is 0 Å². The first-order valence-corrected chi connectivity index (χ1v) is 10.5. The Morgan fingerprint density at radius 3 is 2.32 bits per heavy atom. The summed E-state index contributed by atoms with van der Waals surface area (Å²) in [7, 11) is 0. The van der Waals surface area contributed by atoms with E-state index in [4.69, 9.17) is 11.6 Å². The molecule has 4 aromatic rings. The SMILES string of the molecule is CC(NC(=O)CCn1nc(-c2ccc(Cl)cc2)c2ccccc2c1=O)c1ccccc1. The van der Waals surface area contributed by atoms with Crippen LogP contribution in [0.3, 0.4) is 0 Å². The smallest absolute Gasteiger partial charge is 0.274 e. The monoisotopic (exact) mass is 431 g/mol. The van der Waals surface area contributed by atoms with Crippen LogP contribution in [0.15, 0.2) is 83.7 Å². The first kappa shape index (κ1) is 20.8. The van der Waals surface area contributed by atoms with Crippen molar-refractivity contribution < 1.29 is 4.79 Å². The van der Waals surface area contributed by atoms with Crippen LogP contribution in [0.5, 0.6) is 0 Å². The van der Waals surface area contributed by atoms with Gasteiger partial charge in [-0.1, -0.05) is 72.3 Å². The average Bonchev–Trinajstić information content (AvgIpc) is 2.80. The Labute approximate surface area is 185 Å². The number of carbonyl (C=O) groups is 1. The summed E-state index contributed by atoms with van der Waals surface area (Å²) in [6, 6.07) is 24.4. The maximum absolute atomic E-state index is 13.0. The Morgan fingerprint density at radius 1 is 0.968 bits per heavy atom. The predicted molar refractivity (Wildman–Crippen MR) is 124 cm³/mol. The quantitative estimate of drug-likeness (QED) is 0.468. The number of rotatable bonds is 6. The van der Waals surface area contributed by atoms with Crippen LogP contribution in [0.2, 0.25) is 5.02 Å². The highest BCUT2D eigenvalue weighted by atomic mass is 35.5. The van der Waals surface area contributed by atoms with Crippen molar-refractivity contribution in [1.82, 2.24) is 15.1 Å². The van der Waals surface area contributed by atoms with Crippen molar-refractivity contribution in [2.24, 2.45) is 0 Å². The molecule has 4 rings (SSSR count). The highest BCUT2D eigenvalue weighted by molar-refractivity contribution is 6.30. The molecule has 6 heteroatoms. The van der Waals surface area contributed by atoms with Crippen molar-refractivity contribution in [2.75, 3.05) is 0 Å². The summed E-state index contributed by atoms with van der Waals surface area (Å²) in [4.78, 5) is 25.5. The van der Waals surface area contributed by atoms with Gasteiger partial charge in [-0.25, -0.2) is 4.68 Å². The Hall–Kier alpha value is -3.44. The van der Waals surface area contributed by atoms with Gasteiger partial charge in [0.2, 0.25) is 5.91 Å². The van der Waals surface area contributed by atoms with Gasteiger partial charge in [-0.05, 0) is 30.7 Å². The van der Waals surface area contributed by atoms with E-state index >= 15 is 0 Å². The number of hydrogen-bond donors (Lipinski definition) is 1. The highest BCUT2D eigenvalue weighted by Crippen LogP contribution is 2.25. The van der Waals surface area contributed by atoms with Crippen LogP contribution in [0.25, 0.3) is 22.0 Å². The third-order valence-electron chi connectivity index (χ3n) is 5.21. The zero-order valence-corrected chi connectivity index (χ0v) is 17.8. The molecule has 1 atom stereocenters. The molecule has 0 saturated heterocycles. The van der Waals surface area contributed by atoms with Gasteiger partial charge in [0.25, 0.3) is 5.56 Å². The van der Waals surface area contributed by atoms with E-state index in [-0.39, 0.29) is 30.5 Å². The van der Waals surface area contributed by atoms with Gasteiger partial charge >= 0.3 is 0 Å². The van der Waals surface area contributed by atoms with E-state index in [0.29, 0.717) is 16.1 Å². The van der Waals surface area contributed by atoms with Gasteiger partial charge in [-0.15, -0.1) is 0 Å². The molecule has 31 heavy (non-hydrogen) atoms. The first-order chi connectivity index (χ1) is 15.0. The normalized spacial score (nSPS) is 11.9. The first-order valence-electron chi connectivity index (χ1n) is 10.1. The molecule has 156 valence electrons. The molecule has 0 saturated carbocycles. The molecule has 1 amide bonds. The number of benzene rings is 3. The fourth-order valence-corrected chi connectivity index (χ4v) is 3.68. The molecule has 0 bridgehead atoms. The van der Waals surface area contributed by atoms with Crippen molar-refractivity contribution in [3.05, 3.63) is 99.8 Å². The van der Waals surface area contributed by atoms with Crippen LogP contribution < -0.4 is 10.9 Å². The van der Waals surface area contributed by atoms with Crippen LogP contribution in [-0.4, -0.2) is 15.7 Å². The molecule has 0 spiro atoms. The lowest BCUT2D eigenvalue weighted by Gasteiger charge is -2.15. The third kappa shape index (κ3) is 4.67. The Morgan fingerprint density at radius 2 is 1.61 bits per heavy atom. The third-order valence-corrected chi connectivity index (χ3v) is 5.47. The van der Waals surface area contributed by atoms with Crippen LogP contribution in [0.1, 0.15) is 24.9 Å². The van der Waals surface area contributed by atoms with Gasteiger partial charge < -0.3 is 5.32 Å². The summed E-state index contributed by atoms with van der Waals surface area (Å²) in [6.45, 7) is 2.13. The van der Waals surface area contributed by atoms with E-state index in [1.807, 2.05) is 67.6 Å². The molecular weight excluding hydrogens is 410 g/mol. The molecular formula is C25H22ClN3O2. The molecule has 0 aliphatic carbocycles. The fourth-order valence-electron chi connectivity index (χ4n) is 3.55. The van der Waals surface area contributed by atoms with Crippen LogP contribution in [-0.2, 0) is 11.3 Å². The van der Waals surface area contributed by atoms with Crippen molar-refractivity contribution >= 4 is 28.3 Å². The van der Waals surface area contributed by atoms with Gasteiger partial charge in [0, 0.05) is 22.4 Å². The van der Waals surface area contributed by atoms with E-state index in [1.54, 1.807) is 18.2 Å². The van der Waals surface area contributed by atoms with E-state index < -0.39 is 0 Å². The highest BCUT2D eigenvalue weighted by Gasteiger charge is 2.14. The number of aromatic nitrogens is 2. The summed E-state index contributed by atoms with van der Waals surface area (Å²) < 4.78 is 1.37. The lowest BCUT2D eigenvalue weighted by atomic mass is 10.1. The number of aryl methyl sites for hydroxylation is 1. The van der Waals surface area contributed by atoms with Gasteiger partial charge in [0.1, 0.15) is 0 Å². The lowest BCUT2D eigenvalue weighted by Crippen LogP contribution is -2.30. The molecule has 0 radical (unpaired) electrons. The fraction of sp³-hybridized carbons (Fsp3) is 0.160. The standard InChI is InChI=1S/C25H22ClN3O2/c1-17(18-7-3-2-4-8-18)27-23(30)15-16-29-25(31)22-10-6-5-9-21(22)24(28-29)19-11-13-20(26)14-12-19/h2-14,17H,15-16H2,1H3,(H,27,30). The van der Waals surface area contributed by atoms with Gasteiger partial charge in [-0.2, -0.15) is 5.10 Å². The van der Waals surface area contributed by atoms with Crippen molar-refractivity contribution in [1.29, 1.82) is 0 Å². The maximum Gasteiger partial charge on any atom is 0.274 e. The number of halogens is 1. The molecule has 1 aromatic heterocycles. The molecule has 1 heterocycles. The lowest BCUT2D eigenvalue weighted by molar-refractivity contribution is -0.122.